The first-order valence-corrected chi connectivity index (χ1v) is 8.92. The number of anilines is 2. The average Bonchev–Trinajstić information content (AvgIpc) is 2.89. The van der Waals surface area contributed by atoms with Crippen molar-refractivity contribution in [1.82, 2.24) is 0 Å². The zero-order valence-electron chi connectivity index (χ0n) is 15.9. The third kappa shape index (κ3) is 3.15. The molecule has 0 radical (unpaired) electrons. The Morgan fingerprint density at radius 2 is 1.75 bits per heavy atom. The van der Waals surface area contributed by atoms with Crippen molar-refractivity contribution in [3.63, 3.8) is 0 Å². The van der Waals surface area contributed by atoms with Crippen molar-refractivity contribution in [2.24, 2.45) is 5.10 Å². The number of ketones is 1. The number of ether oxygens (including phenoxy) is 1. The summed E-state index contributed by atoms with van der Waals surface area (Å²) in [6, 6.07) is 15.9. The highest BCUT2D eigenvalue weighted by Crippen LogP contribution is 2.33. The summed E-state index contributed by atoms with van der Waals surface area (Å²) in [5.74, 6) is -2.39. The van der Waals surface area contributed by atoms with Crippen molar-refractivity contribution in [3.05, 3.63) is 60.2 Å². The fourth-order valence-electron chi connectivity index (χ4n) is 3.12. The molecular formula is C21H21N3O4. The van der Waals surface area contributed by atoms with Crippen molar-refractivity contribution in [2.75, 3.05) is 16.9 Å². The van der Waals surface area contributed by atoms with Crippen molar-refractivity contribution >= 4 is 34.7 Å². The Labute approximate surface area is 163 Å². The number of benzene rings is 2. The van der Waals surface area contributed by atoms with E-state index in [0.29, 0.717) is 11.4 Å². The summed E-state index contributed by atoms with van der Waals surface area (Å²) in [6.45, 7) is 5.12. The molecule has 0 saturated carbocycles. The predicted octanol–water partition coefficient (Wildman–Crippen LogP) is 2.70. The number of carbonyl (C=O) groups excluding carboxylic acids is 3. The van der Waals surface area contributed by atoms with Gasteiger partial charge in [0.15, 0.2) is 11.3 Å². The topological polar surface area (TPSA) is 88.1 Å². The summed E-state index contributed by atoms with van der Waals surface area (Å²) < 4.78 is 5.19. The Morgan fingerprint density at radius 1 is 1.11 bits per heavy atom. The van der Waals surface area contributed by atoms with Gasteiger partial charge >= 0.3 is 11.9 Å². The predicted molar refractivity (Wildman–Crippen MR) is 106 cm³/mol. The summed E-state index contributed by atoms with van der Waals surface area (Å²) >= 11 is 0. The van der Waals surface area contributed by atoms with E-state index >= 15 is 0 Å². The minimum absolute atomic E-state index is 0.109. The van der Waals surface area contributed by atoms with Crippen LogP contribution in [0.25, 0.3) is 0 Å². The number of Topliss-reactive ketones (excluding diaryl/α,β-unsaturated/α-hetero) is 1. The minimum Gasteiger partial charge on any atom is -0.464 e. The van der Waals surface area contributed by atoms with Crippen LogP contribution in [0.5, 0.6) is 0 Å². The lowest BCUT2D eigenvalue weighted by Crippen LogP contribution is -2.55. The first kappa shape index (κ1) is 19.3. The molecule has 2 aromatic rings. The van der Waals surface area contributed by atoms with Crippen LogP contribution in [0.1, 0.15) is 19.4 Å². The molecule has 7 nitrogen and oxygen atoms in total. The monoisotopic (exact) mass is 379 g/mol. The minimum atomic E-state index is -1.68. The molecule has 0 spiro atoms. The summed E-state index contributed by atoms with van der Waals surface area (Å²) in [5, 5.41) is 4.17. The van der Waals surface area contributed by atoms with Crippen LogP contribution in [0, 0.1) is 6.92 Å². The largest absolute Gasteiger partial charge is 0.464 e. The van der Waals surface area contributed by atoms with Crippen molar-refractivity contribution in [3.8, 4) is 0 Å². The molecule has 144 valence electrons. The van der Waals surface area contributed by atoms with Gasteiger partial charge in [0.1, 0.15) is 0 Å². The molecule has 7 heteroatoms. The molecule has 2 aromatic carbocycles. The molecule has 3 rings (SSSR count). The SMILES string of the molecule is CCOC(=O)C1(C)/C(=N\Nc2ccccc2C)C(=O)C(=O)N1c1ccccc1. The Morgan fingerprint density at radius 3 is 2.39 bits per heavy atom. The van der Waals surface area contributed by atoms with E-state index in [2.05, 4.69) is 10.5 Å². The first-order chi connectivity index (χ1) is 13.4. The van der Waals surface area contributed by atoms with E-state index in [1.807, 2.05) is 25.1 Å². The molecule has 1 unspecified atom stereocenters. The van der Waals surface area contributed by atoms with Gasteiger partial charge in [-0.2, -0.15) is 5.10 Å². The van der Waals surface area contributed by atoms with Crippen LogP contribution < -0.4 is 10.3 Å². The maximum absolute atomic E-state index is 12.9. The van der Waals surface area contributed by atoms with Crippen LogP contribution in [0.2, 0.25) is 0 Å². The van der Waals surface area contributed by atoms with E-state index in [1.165, 1.54) is 6.92 Å². The number of aryl methyl sites for hydroxylation is 1. The molecule has 1 atom stereocenters. The van der Waals surface area contributed by atoms with Gasteiger partial charge in [-0.05, 0) is 44.5 Å². The molecular weight excluding hydrogens is 358 g/mol. The van der Waals surface area contributed by atoms with Crippen LogP contribution in [-0.2, 0) is 19.1 Å². The van der Waals surface area contributed by atoms with E-state index in [0.717, 1.165) is 10.5 Å². The normalized spacial score (nSPS) is 20.5. The lowest BCUT2D eigenvalue weighted by molar-refractivity contribution is -0.147. The maximum atomic E-state index is 12.9. The van der Waals surface area contributed by atoms with Gasteiger partial charge in [-0.15, -0.1) is 0 Å². The van der Waals surface area contributed by atoms with Gasteiger partial charge in [0, 0.05) is 5.69 Å². The summed E-state index contributed by atoms with van der Waals surface area (Å²) in [6.07, 6.45) is 0. The second-order valence-corrected chi connectivity index (χ2v) is 6.49. The molecule has 1 saturated heterocycles. The first-order valence-electron chi connectivity index (χ1n) is 8.92. The zero-order valence-corrected chi connectivity index (χ0v) is 15.9. The Hall–Kier alpha value is -3.48. The number of hydrogen-bond donors (Lipinski definition) is 1. The number of esters is 1. The number of carbonyl (C=O) groups is 3. The fourth-order valence-corrected chi connectivity index (χ4v) is 3.12. The average molecular weight is 379 g/mol. The molecule has 1 amide bonds. The third-order valence-corrected chi connectivity index (χ3v) is 4.64. The highest BCUT2D eigenvalue weighted by molar-refractivity contribution is 6.75. The second-order valence-electron chi connectivity index (χ2n) is 6.49. The van der Waals surface area contributed by atoms with Crippen molar-refractivity contribution in [1.29, 1.82) is 0 Å². The highest BCUT2D eigenvalue weighted by atomic mass is 16.5. The van der Waals surface area contributed by atoms with Gasteiger partial charge in [-0.1, -0.05) is 36.4 Å². The van der Waals surface area contributed by atoms with Crippen LogP contribution in [0.15, 0.2) is 59.7 Å². The van der Waals surface area contributed by atoms with E-state index in [4.69, 9.17) is 4.74 Å². The van der Waals surface area contributed by atoms with E-state index in [9.17, 15) is 14.4 Å². The third-order valence-electron chi connectivity index (χ3n) is 4.64. The number of nitrogens with one attached hydrogen (secondary N) is 1. The smallest absolute Gasteiger partial charge is 0.338 e. The van der Waals surface area contributed by atoms with Crippen molar-refractivity contribution < 1.29 is 19.1 Å². The number of rotatable bonds is 5. The molecule has 1 N–H and O–H groups in total. The zero-order chi connectivity index (χ0) is 20.3. The van der Waals surface area contributed by atoms with Crippen molar-refractivity contribution in [2.45, 2.75) is 26.3 Å². The summed E-state index contributed by atoms with van der Waals surface area (Å²) in [4.78, 5) is 39.5. The summed E-state index contributed by atoms with van der Waals surface area (Å²) in [7, 11) is 0. The Bertz CT molecular complexity index is 955. The molecule has 0 aromatic heterocycles. The van der Waals surface area contributed by atoms with Gasteiger partial charge < -0.3 is 4.74 Å². The maximum Gasteiger partial charge on any atom is 0.338 e. The standard InChI is InChI=1S/C21H21N3O4/c1-4-28-20(27)21(3)18(23-22-16-13-9-8-10-14(16)2)17(25)19(26)24(21)15-11-6-5-7-12-15/h5-13,22H,4H2,1-3H3/b23-18-. The molecule has 28 heavy (non-hydrogen) atoms. The lowest BCUT2D eigenvalue weighted by Gasteiger charge is -2.31. The molecule has 1 aliphatic heterocycles. The van der Waals surface area contributed by atoms with Gasteiger partial charge in [-0.25, -0.2) is 4.79 Å². The number of nitrogens with zero attached hydrogens (tertiary/aromatic N) is 2. The Kier molecular flexibility index (Phi) is 5.26. The lowest BCUT2D eigenvalue weighted by atomic mass is 9.95. The summed E-state index contributed by atoms with van der Waals surface area (Å²) in [5.41, 5.74) is 2.91. The number of amides is 1. The van der Waals surface area contributed by atoms with Crippen LogP contribution in [0.4, 0.5) is 11.4 Å². The second kappa shape index (κ2) is 7.64. The van der Waals surface area contributed by atoms with Crippen LogP contribution in [0.3, 0.4) is 0 Å². The molecule has 1 heterocycles. The quantitative estimate of drug-likeness (QED) is 0.490. The van der Waals surface area contributed by atoms with Gasteiger partial charge in [0.25, 0.3) is 5.78 Å². The van der Waals surface area contributed by atoms with E-state index < -0.39 is 23.2 Å². The van der Waals surface area contributed by atoms with Gasteiger partial charge in [0.05, 0.1) is 12.3 Å². The molecule has 0 bridgehead atoms. The molecule has 1 aliphatic rings. The van der Waals surface area contributed by atoms with Crippen LogP contribution >= 0.6 is 0 Å². The Balaban J connectivity index is 2.10. The fraction of sp³-hybridized carbons (Fsp3) is 0.238. The van der Waals surface area contributed by atoms with E-state index in [1.54, 1.807) is 43.3 Å². The number of hydrazone groups is 1. The van der Waals surface area contributed by atoms with Crippen LogP contribution in [-0.4, -0.2) is 35.5 Å². The number of para-hydroxylation sites is 2. The molecule has 0 aliphatic carbocycles. The molecule has 1 fully saturated rings. The highest BCUT2D eigenvalue weighted by Gasteiger charge is 2.60. The van der Waals surface area contributed by atoms with E-state index in [-0.39, 0.29) is 12.3 Å². The number of hydrogen-bond acceptors (Lipinski definition) is 6. The van der Waals surface area contributed by atoms with Gasteiger partial charge in [0.2, 0.25) is 0 Å². The van der Waals surface area contributed by atoms with Gasteiger partial charge in [-0.3, -0.25) is 19.9 Å².